The van der Waals surface area contributed by atoms with Crippen LogP contribution in [0.1, 0.15) is 0 Å². The molecule has 2 atom stereocenters. The van der Waals surface area contributed by atoms with Crippen molar-refractivity contribution in [3.8, 4) is 0 Å². The molecule has 0 amide bonds. The fourth-order valence-corrected chi connectivity index (χ4v) is 1.75. The summed E-state index contributed by atoms with van der Waals surface area (Å²) in [6, 6.07) is 0.418. The fraction of sp³-hybridized carbons (Fsp3) is 1.00. The number of aliphatic hydroxyl groups is 1. The SMILES string of the molecule is OC[C@H]1CN2CCOC[C@H]2CO1. The van der Waals surface area contributed by atoms with Crippen molar-refractivity contribution in [2.75, 3.05) is 39.5 Å². The first-order valence-corrected chi connectivity index (χ1v) is 4.44. The van der Waals surface area contributed by atoms with Crippen LogP contribution in [0.15, 0.2) is 0 Å². The topological polar surface area (TPSA) is 41.9 Å². The number of fused-ring (bicyclic) bond motifs is 1. The third kappa shape index (κ3) is 1.61. The summed E-state index contributed by atoms with van der Waals surface area (Å²) in [7, 11) is 0. The minimum Gasteiger partial charge on any atom is -0.394 e. The summed E-state index contributed by atoms with van der Waals surface area (Å²) < 4.78 is 10.7. The van der Waals surface area contributed by atoms with E-state index in [1.165, 1.54) is 0 Å². The molecule has 12 heavy (non-hydrogen) atoms. The van der Waals surface area contributed by atoms with Crippen molar-refractivity contribution in [1.82, 2.24) is 4.90 Å². The lowest BCUT2D eigenvalue weighted by molar-refractivity contribution is -0.126. The maximum Gasteiger partial charge on any atom is 0.0933 e. The van der Waals surface area contributed by atoms with E-state index in [2.05, 4.69) is 4.90 Å². The Bertz CT molecular complexity index is 153. The van der Waals surface area contributed by atoms with Crippen molar-refractivity contribution in [2.45, 2.75) is 12.1 Å². The zero-order valence-corrected chi connectivity index (χ0v) is 7.11. The van der Waals surface area contributed by atoms with E-state index in [1.54, 1.807) is 0 Å². The van der Waals surface area contributed by atoms with Gasteiger partial charge < -0.3 is 14.6 Å². The molecule has 0 aliphatic carbocycles. The van der Waals surface area contributed by atoms with Crippen molar-refractivity contribution >= 4 is 0 Å². The van der Waals surface area contributed by atoms with Gasteiger partial charge in [-0.25, -0.2) is 0 Å². The standard InChI is InChI=1S/C8H15NO3/c10-4-8-3-9-1-2-11-5-7(9)6-12-8/h7-8,10H,1-6H2/t7-,8+/m0/s1. The van der Waals surface area contributed by atoms with Crippen LogP contribution >= 0.6 is 0 Å². The minimum atomic E-state index is 0.0133. The highest BCUT2D eigenvalue weighted by atomic mass is 16.5. The van der Waals surface area contributed by atoms with Gasteiger partial charge in [0.15, 0.2) is 0 Å². The summed E-state index contributed by atoms with van der Waals surface area (Å²) >= 11 is 0. The average molecular weight is 173 g/mol. The Labute approximate surface area is 72.1 Å². The van der Waals surface area contributed by atoms with Gasteiger partial charge >= 0.3 is 0 Å². The van der Waals surface area contributed by atoms with Crippen LogP contribution in [0.3, 0.4) is 0 Å². The zero-order valence-electron chi connectivity index (χ0n) is 7.11. The first-order valence-electron chi connectivity index (χ1n) is 4.44. The highest BCUT2D eigenvalue weighted by molar-refractivity contribution is 4.81. The van der Waals surface area contributed by atoms with Crippen molar-refractivity contribution in [2.24, 2.45) is 0 Å². The average Bonchev–Trinajstić information content (AvgIpc) is 2.17. The van der Waals surface area contributed by atoms with Crippen LogP contribution in [0.5, 0.6) is 0 Å². The molecule has 2 heterocycles. The molecule has 2 fully saturated rings. The van der Waals surface area contributed by atoms with Gasteiger partial charge in [0.1, 0.15) is 0 Å². The fourth-order valence-electron chi connectivity index (χ4n) is 1.75. The largest absolute Gasteiger partial charge is 0.394 e. The maximum absolute atomic E-state index is 8.90. The molecule has 2 saturated heterocycles. The molecule has 0 aromatic carbocycles. The molecule has 4 nitrogen and oxygen atoms in total. The number of ether oxygens (including phenoxy) is 2. The third-order valence-electron chi connectivity index (χ3n) is 2.52. The molecule has 2 aliphatic heterocycles. The number of hydrogen-bond donors (Lipinski definition) is 1. The molecular weight excluding hydrogens is 158 g/mol. The van der Waals surface area contributed by atoms with Crippen molar-refractivity contribution in [3.63, 3.8) is 0 Å². The van der Waals surface area contributed by atoms with Crippen molar-refractivity contribution in [3.05, 3.63) is 0 Å². The van der Waals surface area contributed by atoms with E-state index < -0.39 is 0 Å². The van der Waals surface area contributed by atoms with E-state index >= 15 is 0 Å². The lowest BCUT2D eigenvalue weighted by atomic mass is 10.1. The van der Waals surface area contributed by atoms with Gasteiger partial charge in [0, 0.05) is 13.1 Å². The molecule has 2 rings (SSSR count). The van der Waals surface area contributed by atoms with Gasteiger partial charge in [-0.05, 0) is 0 Å². The molecule has 70 valence electrons. The van der Waals surface area contributed by atoms with Crippen LogP contribution in [-0.4, -0.2) is 61.7 Å². The quantitative estimate of drug-likeness (QED) is 0.557. The van der Waals surface area contributed by atoms with E-state index in [0.717, 1.165) is 26.3 Å². The van der Waals surface area contributed by atoms with Crippen LogP contribution < -0.4 is 0 Å². The van der Waals surface area contributed by atoms with E-state index in [4.69, 9.17) is 14.6 Å². The summed E-state index contributed by atoms with van der Waals surface area (Å²) in [5.41, 5.74) is 0. The molecule has 0 aromatic heterocycles. The highest BCUT2D eigenvalue weighted by Gasteiger charge is 2.30. The smallest absolute Gasteiger partial charge is 0.0933 e. The molecule has 2 aliphatic rings. The van der Waals surface area contributed by atoms with E-state index in [-0.39, 0.29) is 12.7 Å². The molecular formula is C8H15NO3. The molecule has 0 aromatic rings. The normalized spacial score (nSPS) is 37.8. The number of morpholine rings is 2. The van der Waals surface area contributed by atoms with Gasteiger partial charge in [0.2, 0.25) is 0 Å². The van der Waals surface area contributed by atoms with Crippen LogP contribution in [-0.2, 0) is 9.47 Å². The monoisotopic (exact) mass is 173 g/mol. The van der Waals surface area contributed by atoms with Crippen LogP contribution in [0.25, 0.3) is 0 Å². The van der Waals surface area contributed by atoms with Gasteiger partial charge in [-0.3, -0.25) is 4.90 Å². The second-order valence-electron chi connectivity index (χ2n) is 3.36. The lowest BCUT2D eigenvalue weighted by Crippen LogP contribution is -2.56. The summed E-state index contributed by atoms with van der Waals surface area (Å²) in [4.78, 5) is 2.34. The predicted octanol–water partition coefficient (Wildman–Crippen LogP) is -0.922. The van der Waals surface area contributed by atoms with Gasteiger partial charge in [-0.15, -0.1) is 0 Å². The van der Waals surface area contributed by atoms with Crippen LogP contribution in [0, 0.1) is 0 Å². The summed E-state index contributed by atoms with van der Waals surface area (Å²) in [6.45, 7) is 4.25. The van der Waals surface area contributed by atoms with Gasteiger partial charge in [-0.2, -0.15) is 0 Å². The third-order valence-corrected chi connectivity index (χ3v) is 2.52. The predicted molar refractivity (Wildman–Crippen MR) is 43.0 cm³/mol. The number of rotatable bonds is 1. The van der Waals surface area contributed by atoms with Gasteiger partial charge in [0.05, 0.1) is 38.6 Å². The first kappa shape index (κ1) is 8.44. The molecule has 0 bridgehead atoms. The van der Waals surface area contributed by atoms with Gasteiger partial charge in [-0.1, -0.05) is 0 Å². The summed E-state index contributed by atoms with van der Waals surface area (Å²) in [5.74, 6) is 0. The Morgan fingerprint density at radius 1 is 1.42 bits per heavy atom. The number of nitrogens with zero attached hydrogens (tertiary/aromatic N) is 1. The summed E-state index contributed by atoms with van der Waals surface area (Å²) in [5, 5.41) is 8.90. The molecule has 0 radical (unpaired) electrons. The van der Waals surface area contributed by atoms with Crippen molar-refractivity contribution < 1.29 is 14.6 Å². The Morgan fingerprint density at radius 3 is 3.17 bits per heavy atom. The Hall–Kier alpha value is -0.160. The molecule has 0 spiro atoms. The van der Waals surface area contributed by atoms with Crippen molar-refractivity contribution in [1.29, 1.82) is 0 Å². The number of hydrogen-bond acceptors (Lipinski definition) is 4. The minimum absolute atomic E-state index is 0.0133. The van der Waals surface area contributed by atoms with Crippen LogP contribution in [0.2, 0.25) is 0 Å². The van der Waals surface area contributed by atoms with Gasteiger partial charge in [0.25, 0.3) is 0 Å². The zero-order chi connectivity index (χ0) is 8.39. The molecule has 4 heteroatoms. The molecule has 0 unspecified atom stereocenters. The Balaban J connectivity index is 1.90. The Morgan fingerprint density at radius 2 is 2.33 bits per heavy atom. The lowest BCUT2D eigenvalue weighted by Gasteiger charge is -2.41. The van der Waals surface area contributed by atoms with Crippen LogP contribution in [0.4, 0.5) is 0 Å². The number of aliphatic hydroxyl groups excluding tert-OH is 1. The second-order valence-corrected chi connectivity index (χ2v) is 3.36. The Kier molecular flexibility index (Phi) is 2.60. The molecule has 0 saturated carbocycles. The van der Waals surface area contributed by atoms with E-state index in [1.807, 2.05) is 0 Å². The second kappa shape index (κ2) is 3.70. The van der Waals surface area contributed by atoms with E-state index in [9.17, 15) is 0 Å². The van der Waals surface area contributed by atoms with E-state index in [0.29, 0.717) is 12.6 Å². The molecule has 1 N–H and O–H groups in total. The highest BCUT2D eigenvalue weighted by Crippen LogP contribution is 2.14. The maximum atomic E-state index is 8.90. The first-order chi connectivity index (χ1) is 5.90. The summed E-state index contributed by atoms with van der Waals surface area (Å²) in [6.07, 6.45) is 0.0133.